The Bertz CT molecular complexity index is 273. The van der Waals surface area contributed by atoms with Gasteiger partial charge in [-0.25, -0.2) is 0 Å². The number of halogens is 1. The highest BCUT2D eigenvalue weighted by atomic mass is 35.5. The quantitative estimate of drug-likeness (QED) is 0.809. The monoisotopic (exact) mass is 275 g/mol. The molecule has 4 nitrogen and oxygen atoms in total. The maximum atomic E-state index is 11.7. The van der Waals surface area contributed by atoms with Gasteiger partial charge in [-0.2, -0.15) is 0 Å². The summed E-state index contributed by atoms with van der Waals surface area (Å²) in [7, 11) is 2.08. The van der Waals surface area contributed by atoms with Crippen LogP contribution in [0.5, 0.6) is 0 Å². The summed E-state index contributed by atoms with van der Waals surface area (Å²) in [5, 5.41) is 6.59. The number of nitrogens with one attached hydrogen (secondary N) is 2. The lowest BCUT2D eigenvalue weighted by atomic mass is 9.98. The number of fused-ring (bicyclic) bond motifs is 2. The van der Waals surface area contributed by atoms with Gasteiger partial charge in [-0.1, -0.05) is 0 Å². The second kappa shape index (κ2) is 6.73. The molecule has 0 spiro atoms. The molecule has 0 radical (unpaired) electrons. The van der Waals surface area contributed by atoms with Crippen molar-refractivity contribution in [3.05, 3.63) is 0 Å². The van der Waals surface area contributed by atoms with Crippen LogP contribution in [0.15, 0.2) is 0 Å². The zero-order valence-electron chi connectivity index (χ0n) is 11.6. The van der Waals surface area contributed by atoms with Crippen molar-refractivity contribution in [2.24, 2.45) is 0 Å². The van der Waals surface area contributed by atoms with E-state index in [1.807, 2.05) is 13.8 Å². The second-order valence-electron chi connectivity index (χ2n) is 5.90. The van der Waals surface area contributed by atoms with Gasteiger partial charge in [0.05, 0.1) is 6.54 Å². The maximum absolute atomic E-state index is 11.7. The van der Waals surface area contributed by atoms with Gasteiger partial charge < -0.3 is 10.6 Å². The van der Waals surface area contributed by atoms with E-state index in [-0.39, 0.29) is 24.4 Å². The maximum Gasteiger partial charge on any atom is 0.234 e. The molecule has 0 aromatic rings. The Morgan fingerprint density at radius 3 is 2.39 bits per heavy atom. The molecule has 2 aliphatic rings. The summed E-state index contributed by atoms with van der Waals surface area (Å²) in [6.45, 7) is 4.54. The van der Waals surface area contributed by atoms with Crippen LogP contribution in [0.4, 0.5) is 0 Å². The third kappa shape index (κ3) is 4.11. The highest BCUT2D eigenvalue weighted by molar-refractivity contribution is 5.85. The van der Waals surface area contributed by atoms with Crippen LogP contribution in [0.1, 0.15) is 39.5 Å². The Labute approximate surface area is 116 Å². The molecule has 2 aliphatic heterocycles. The summed E-state index contributed by atoms with van der Waals surface area (Å²) >= 11 is 0. The Balaban J connectivity index is 0.00000162. The van der Waals surface area contributed by atoms with Gasteiger partial charge in [-0.15, -0.1) is 12.4 Å². The molecule has 106 valence electrons. The predicted octanol–water partition coefficient (Wildman–Crippen LogP) is 1.15. The van der Waals surface area contributed by atoms with Gasteiger partial charge >= 0.3 is 0 Å². The third-order valence-corrected chi connectivity index (χ3v) is 3.91. The number of hydrogen-bond acceptors (Lipinski definition) is 3. The lowest BCUT2D eigenvalue weighted by Crippen LogP contribution is -2.49. The van der Waals surface area contributed by atoms with E-state index in [2.05, 4.69) is 22.6 Å². The van der Waals surface area contributed by atoms with Gasteiger partial charge in [-0.3, -0.25) is 9.69 Å². The molecule has 2 N–H and O–H groups in total. The summed E-state index contributed by atoms with van der Waals surface area (Å²) in [4.78, 5) is 13.9. The summed E-state index contributed by atoms with van der Waals surface area (Å²) in [5.41, 5.74) is 0. The first-order chi connectivity index (χ1) is 8.04. The number of nitrogens with zero attached hydrogens (tertiary/aromatic N) is 1. The van der Waals surface area contributed by atoms with Crippen LogP contribution >= 0.6 is 12.4 Å². The molecule has 0 saturated carbocycles. The molecule has 2 atom stereocenters. The minimum Gasteiger partial charge on any atom is -0.353 e. The van der Waals surface area contributed by atoms with Crippen molar-refractivity contribution in [3.63, 3.8) is 0 Å². The Kier molecular flexibility index (Phi) is 5.89. The van der Waals surface area contributed by atoms with Crippen molar-refractivity contribution in [3.8, 4) is 0 Å². The molecular weight excluding hydrogens is 250 g/mol. The Morgan fingerprint density at radius 1 is 1.33 bits per heavy atom. The number of hydrogen-bond donors (Lipinski definition) is 2. The molecule has 18 heavy (non-hydrogen) atoms. The summed E-state index contributed by atoms with van der Waals surface area (Å²) < 4.78 is 0. The van der Waals surface area contributed by atoms with Crippen LogP contribution in [0, 0.1) is 0 Å². The first-order valence-corrected chi connectivity index (χ1v) is 6.80. The predicted molar refractivity (Wildman–Crippen MR) is 76.1 cm³/mol. The van der Waals surface area contributed by atoms with Gasteiger partial charge in [0.25, 0.3) is 0 Å². The molecule has 0 aliphatic carbocycles. The van der Waals surface area contributed by atoms with Gasteiger partial charge in [0.1, 0.15) is 0 Å². The van der Waals surface area contributed by atoms with E-state index in [1.54, 1.807) is 0 Å². The number of likely N-dealkylation sites (N-methyl/N-ethyl adjacent to an activating group) is 1. The van der Waals surface area contributed by atoms with Gasteiger partial charge in [-0.05, 0) is 46.6 Å². The molecule has 2 bridgehead atoms. The number of rotatable bonds is 4. The number of amides is 1. The van der Waals surface area contributed by atoms with Crippen LogP contribution in [0.25, 0.3) is 0 Å². The van der Waals surface area contributed by atoms with Crippen molar-refractivity contribution in [1.29, 1.82) is 0 Å². The van der Waals surface area contributed by atoms with Crippen LogP contribution in [-0.2, 0) is 4.79 Å². The summed E-state index contributed by atoms with van der Waals surface area (Å²) in [6.07, 6.45) is 5.02. The average molecular weight is 276 g/mol. The lowest BCUT2D eigenvalue weighted by molar-refractivity contribution is -0.123. The molecule has 2 heterocycles. The molecular formula is C13H26ClN3O. The van der Waals surface area contributed by atoms with E-state index in [4.69, 9.17) is 0 Å². The normalized spacial score (nSPS) is 30.4. The van der Waals surface area contributed by atoms with E-state index >= 15 is 0 Å². The van der Waals surface area contributed by atoms with Crippen molar-refractivity contribution in [1.82, 2.24) is 15.5 Å². The zero-order chi connectivity index (χ0) is 12.4. The third-order valence-electron chi connectivity index (χ3n) is 3.91. The van der Waals surface area contributed by atoms with Gasteiger partial charge in [0, 0.05) is 24.2 Å². The van der Waals surface area contributed by atoms with Crippen LogP contribution in [-0.4, -0.2) is 48.6 Å². The molecule has 1 amide bonds. The average Bonchev–Trinajstić information content (AvgIpc) is 2.56. The number of carbonyl (C=O) groups excluding carboxylic acids is 1. The minimum atomic E-state index is 0. The van der Waals surface area contributed by atoms with Crippen LogP contribution in [0.2, 0.25) is 0 Å². The fraction of sp³-hybridized carbons (Fsp3) is 0.923. The van der Waals surface area contributed by atoms with E-state index in [9.17, 15) is 4.79 Å². The Hall–Kier alpha value is -0.320. The zero-order valence-corrected chi connectivity index (χ0v) is 12.4. The number of piperidine rings is 1. The van der Waals surface area contributed by atoms with Crippen molar-refractivity contribution >= 4 is 18.3 Å². The number of carbonyl (C=O) groups is 1. The SMILES string of the molecule is CC(C)NC(=O)CN(C)C1CC2CCC(C1)N2.Cl. The second-order valence-corrected chi connectivity index (χ2v) is 5.90. The van der Waals surface area contributed by atoms with Crippen molar-refractivity contribution in [2.45, 2.75) is 63.7 Å². The molecule has 2 rings (SSSR count). The lowest BCUT2D eigenvalue weighted by Gasteiger charge is -2.35. The first-order valence-electron chi connectivity index (χ1n) is 6.80. The molecule has 2 saturated heterocycles. The highest BCUT2D eigenvalue weighted by Crippen LogP contribution is 2.28. The van der Waals surface area contributed by atoms with Crippen LogP contribution < -0.4 is 10.6 Å². The molecule has 2 fully saturated rings. The van der Waals surface area contributed by atoms with E-state index in [0.717, 1.165) is 0 Å². The standard InChI is InChI=1S/C13H25N3O.ClH/c1-9(2)14-13(17)8-16(3)12-6-10-4-5-11(7-12)15-10;/h9-12,15H,4-8H2,1-3H3,(H,14,17);1H. The molecule has 5 heteroatoms. The molecule has 0 aromatic carbocycles. The van der Waals surface area contributed by atoms with Gasteiger partial charge in [0.15, 0.2) is 0 Å². The van der Waals surface area contributed by atoms with E-state index < -0.39 is 0 Å². The minimum absolute atomic E-state index is 0. The topological polar surface area (TPSA) is 44.4 Å². The molecule has 0 aromatic heterocycles. The smallest absolute Gasteiger partial charge is 0.234 e. The Morgan fingerprint density at radius 2 is 1.89 bits per heavy atom. The largest absolute Gasteiger partial charge is 0.353 e. The van der Waals surface area contributed by atoms with Gasteiger partial charge in [0.2, 0.25) is 5.91 Å². The van der Waals surface area contributed by atoms with Crippen molar-refractivity contribution in [2.75, 3.05) is 13.6 Å². The van der Waals surface area contributed by atoms with E-state index in [0.29, 0.717) is 24.7 Å². The van der Waals surface area contributed by atoms with Crippen molar-refractivity contribution < 1.29 is 4.79 Å². The molecule has 2 unspecified atom stereocenters. The first kappa shape index (κ1) is 15.7. The fourth-order valence-electron chi connectivity index (χ4n) is 3.11. The van der Waals surface area contributed by atoms with Crippen LogP contribution in [0.3, 0.4) is 0 Å². The highest BCUT2D eigenvalue weighted by Gasteiger charge is 2.35. The van der Waals surface area contributed by atoms with E-state index in [1.165, 1.54) is 25.7 Å². The summed E-state index contributed by atoms with van der Waals surface area (Å²) in [5.74, 6) is 0.147. The fourth-order valence-corrected chi connectivity index (χ4v) is 3.11. The summed E-state index contributed by atoms with van der Waals surface area (Å²) in [6, 6.07) is 2.19.